The van der Waals surface area contributed by atoms with Gasteiger partial charge in [0.2, 0.25) is 0 Å². The van der Waals surface area contributed by atoms with E-state index in [-0.39, 0.29) is 0 Å². The lowest BCUT2D eigenvalue weighted by atomic mass is 9.94. The summed E-state index contributed by atoms with van der Waals surface area (Å²) in [6.45, 7) is 0. The van der Waals surface area contributed by atoms with Gasteiger partial charge in [-0.2, -0.15) is 0 Å². The highest BCUT2D eigenvalue weighted by Gasteiger charge is 2.15. The van der Waals surface area contributed by atoms with Crippen LogP contribution in [0.25, 0.3) is 64.6 Å². The summed E-state index contributed by atoms with van der Waals surface area (Å²) in [5, 5.41) is 5.15. The quantitative estimate of drug-likeness (QED) is 0.254. The first-order valence-electron chi connectivity index (χ1n) is 11.8. The molecular weight excluding hydrogens is 442 g/mol. The largest absolute Gasteiger partial charge is 0.248 e. The van der Waals surface area contributed by atoms with Crippen LogP contribution in [0.4, 0.5) is 0 Å². The van der Waals surface area contributed by atoms with Crippen molar-refractivity contribution in [1.29, 1.82) is 0 Å². The molecule has 0 saturated heterocycles. The van der Waals surface area contributed by atoms with Crippen molar-refractivity contribution in [3.8, 4) is 33.6 Å². The van der Waals surface area contributed by atoms with Gasteiger partial charge in [0.1, 0.15) is 0 Å². The highest BCUT2D eigenvalue weighted by Crippen LogP contribution is 2.43. The van der Waals surface area contributed by atoms with E-state index < -0.39 is 0 Å². The van der Waals surface area contributed by atoms with Crippen LogP contribution in [0.15, 0.2) is 127 Å². The standard InChI is InChI=1S/C33H21NS/c1-2-10-23(11-3-1)29-14-8-15-30(34-29)26-20-28(25-18-17-22-9-4-5-12-24(22)19-25)33-27-13-6-7-16-31(27)35-32(33)21-26/h1-21H. The molecule has 0 fully saturated rings. The molecule has 164 valence electrons. The van der Waals surface area contributed by atoms with Crippen molar-refractivity contribution in [2.45, 2.75) is 0 Å². The lowest BCUT2D eigenvalue weighted by Gasteiger charge is -2.11. The Morgan fingerprint density at radius 1 is 0.457 bits per heavy atom. The van der Waals surface area contributed by atoms with Gasteiger partial charge < -0.3 is 0 Å². The first-order valence-corrected chi connectivity index (χ1v) is 12.6. The highest BCUT2D eigenvalue weighted by atomic mass is 32.1. The number of rotatable bonds is 3. The third-order valence-electron chi connectivity index (χ3n) is 6.65. The summed E-state index contributed by atoms with van der Waals surface area (Å²) >= 11 is 1.86. The molecule has 1 nitrogen and oxygen atoms in total. The highest BCUT2D eigenvalue weighted by molar-refractivity contribution is 7.26. The van der Waals surface area contributed by atoms with E-state index in [1.807, 2.05) is 17.4 Å². The molecule has 5 aromatic carbocycles. The summed E-state index contributed by atoms with van der Waals surface area (Å²) in [5.41, 5.74) is 6.75. The zero-order chi connectivity index (χ0) is 23.2. The summed E-state index contributed by atoms with van der Waals surface area (Å²) in [4.78, 5) is 5.06. The summed E-state index contributed by atoms with van der Waals surface area (Å²) < 4.78 is 2.60. The third-order valence-corrected chi connectivity index (χ3v) is 7.77. The lowest BCUT2D eigenvalue weighted by Crippen LogP contribution is -1.89. The molecule has 35 heavy (non-hydrogen) atoms. The van der Waals surface area contributed by atoms with Crippen LogP contribution in [-0.2, 0) is 0 Å². The SMILES string of the molecule is c1ccc(-c2cccc(-c3cc(-c4ccc5ccccc5c4)c4c(c3)sc3ccccc34)n2)cc1. The van der Waals surface area contributed by atoms with Gasteiger partial charge in [0.15, 0.2) is 0 Å². The van der Waals surface area contributed by atoms with Gasteiger partial charge in [-0.25, -0.2) is 4.98 Å². The van der Waals surface area contributed by atoms with Crippen molar-refractivity contribution < 1.29 is 0 Å². The number of thiophene rings is 1. The Morgan fingerprint density at radius 2 is 1.20 bits per heavy atom. The average Bonchev–Trinajstić information content (AvgIpc) is 3.31. The molecule has 0 spiro atoms. The molecule has 0 aliphatic carbocycles. The van der Waals surface area contributed by atoms with Crippen LogP contribution in [0.3, 0.4) is 0 Å². The molecule has 0 bridgehead atoms. The van der Waals surface area contributed by atoms with Crippen LogP contribution >= 0.6 is 11.3 Å². The van der Waals surface area contributed by atoms with E-state index in [2.05, 4.69) is 121 Å². The maximum atomic E-state index is 5.06. The number of hydrogen-bond donors (Lipinski definition) is 0. The van der Waals surface area contributed by atoms with Crippen LogP contribution in [0.1, 0.15) is 0 Å². The Bertz CT molecular complexity index is 1850. The zero-order valence-corrected chi connectivity index (χ0v) is 19.8. The molecule has 0 unspecified atom stereocenters. The Hall–Kier alpha value is -4.27. The Kier molecular flexibility index (Phi) is 4.71. The van der Waals surface area contributed by atoms with Gasteiger partial charge in [0.05, 0.1) is 11.4 Å². The second-order valence-corrected chi connectivity index (χ2v) is 9.91. The number of aromatic nitrogens is 1. The molecule has 0 amide bonds. The van der Waals surface area contributed by atoms with Crippen molar-refractivity contribution in [3.05, 3.63) is 127 Å². The van der Waals surface area contributed by atoms with Crippen LogP contribution in [0.5, 0.6) is 0 Å². The second-order valence-electron chi connectivity index (χ2n) is 8.83. The number of benzene rings is 5. The lowest BCUT2D eigenvalue weighted by molar-refractivity contribution is 1.33. The first kappa shape index (κ1) is 20.1. The fourth-order valence-corrected chi connectivity index (χ4v) is 6.12. The fraction of sp³-hybridized carbons (Fsp3) is 0. The van der Waals surface area contributed by atoms with E-state index in [1.54, 1.807) is 0 Å². The van der Waals surface area contributed by atoms with Gasteiger partial charge in [-0.1, -0.05) is 91.0 Å². The number of fused-ring (bicyclic) bond motifs is 4. The number of hydrogen-bond acceptors (Lipinski definition) is 2. The first-order chi connectivity index (χ1) is 17.3. The molecular formula is C33H21NS. The fourth-order valence-electron chi connectivity index (χ4n) is 4.95. The van der Waals surface area contributed by atoms with Gasteiger partial charge >= 0.3 is 0 Å². The van der Waals surface area contributed by atoms with Crippen LogP contribution in [0.2, 0.25) is 0 Å². The van der Waals surface area contributed by atoms with Crippen molar-refractivity contribution in [1.82, 2.24) is 4.98 Å². The summed E-state index contributed by atoms with van der Waals surface area (Å²) in [7, 11) is 0. The van der Waals surface area contributed by atoms with Gasteiger partial charge in [-0.05, 0) is 58.3 Å². The monoisotopic (exact) mass is 463 g/mol. The van der Waals surface area contributed by atoms with Crippen molar-refractivity contribution in [3.63, 3.8) is 0 Å². The number of pyridine rings is 1. The molecule has 0 radical (unpaired) electrons. The van der Waals surface area contributed by atoms with Crippen molar-refractivity contribution >= 4 is 42.3 Å². The molecule has 7 rings (SSSR count). The average molecular weight is 464 g/mol. The third kappa shape index (κ3) is 3.51. The molecule has 2 heterocycles. The minimum Gasteiger partial charge on any atom is -0.248 e. The summed E-state index contributed by atoms with van der Waals surface area (Å²) in [6, 6.07) is 45.4. The van der Waals surface area contributed by atoms with Gasteiger partial charge in [0.25, 0.3) is 0 Å². The molecule has 0 atom stereocenters. The minimum absolute atomic E-state index is 0.992. The van der Waals surface area contributed by atoms with Crippen LogP contribution in [0, 0.1) is 0 Å². The van der Waals surface area contributed by atoms with E-state index in [9.17, 15) is 0 Å². The number of nitrogens with zero attached hydrogens (tertiary/aromatic N) is 1. The van der Waals surface area contributed by atoms with Gasteiger partial charge in [-0.15, -0.1) is 11.3 Å². The topological polar surface area (TPSA) is 12.9 Å². The van der Waals surface area contributed by atoms with Crippen LogP contribution in [-0.4, -0.2) is 4.98 Å². The Morgan fingerprint density at radius 3 is 2.09 bits per heavy atom. The molecule has 7 aromatic rings. The van der Waals surface area contributed by atoms with E-state index in [0.717, 1.165) is 22.5 Å². The van der Waals surface area contributed by atoms with E-state index in [0.29, 0.717) is 0 Å². The van der Waals surface area contributed by atoms with Gasteiger partial charge in [-0.3, -0.25) is 0 Å². The van der Waals surface area contributed by atoms with Crippen molar-refractivity contribution in [2.24, 2.45) is 0 Å². The molecule has 0 aliphatic heterocycles. The van der Waals surface area contributed by atoms with E-state index >= 15 is 0 Å². The summed E-state index contributed by atoms with van der Waals surface area (Å²) in [6.07, 6.45) is 0. The van der Waals surface area contributed by atoms with Crippen LogP contribution < -0.4 is 0 Å². The Labute approximate surface area is 208 Å². The maximum Gasteiger partial charge on any atom is 0.0710 e. The normalized spacial score (nSPS) is 11.4. The van der Waals surface area contributed by atoms with E-state index in [1.165, 1.54) is 42.1 Å². The maximum absolute atomic E-state index is 5.06. The molecule has 0 N–H and O–H groups in total. The molecule has 2 heteroatoms. The van der Waals surface area contributed by atoms with Crippen molar-refractivity contribution in [2.75, 3.05) is 0 Å². The zero-order valence-electron chi connectivity index (χ0n) is 19.0. The predicted molar refractivity (Wildman–Crippen MR) is 151 cm³/mol. The molecule has 2 aromatic heterocycles. The smallest absolute Gasteiger partial charge is 0.0710 e. The second kappa shape index (κ2) is 8.19. The molecule has 0 aliphatic rings. The molecule has 0 saturated carbocycles. The predicted octanol–water partition coefficient (Wildman–Crippen LogP) is 9.60. The Balaban J connectivity index is 1.49. The van der Waals surface area contributed by atoms with Gasteiger partial charge in [0, 0.05) is 31.3 Å². The van der Waals surface area contributed by atoms with E-state index in [4.69, 9.17) is 4.98 Å². The summed E-state index contributed by atoms with van der Waals surface area (Å²) in [5.74, 6) is 0. The minimum atomic E-state index is 0.992.